The van der Waals surface area contributed by atoms with Gasteiger partial charge in [-0.2, -0.15) is 0 Å². The highest BCUT2D eigenvalue weighted by molar-refractivity contribution is 6.29. The molecule has 0 heterocycles. The zero-order valence-electron chi connectivity index (χ0n) is 8.99. The van der Waals surface area contributed by atoms with Crippen molar-refractivity contribution in [1.82, 2.24) is 0 Å². The first-order chi connectivity index (χ1) is 7.77. The van der Waals surface area contributed by atoms with E-state index in [-0.39, 0.29) is 0 Å². The summed E-state index contributed by atoms with van der Waals surface area (Å²) in [4.78, 5) is 0. The molecule has 0 bridgehead atoms. The summed E-state index contributed by atoms with van der Waals surface area (Å²) in [5.41, 5.74) is 3.66. The van der Waals surface area contributed by atoms with E-state index < -0.39 is 0 Å². The fraction of sp³-hybridized carbons (Fsp3) is 0.0667. The van der Waals surface area contributed by atoms with E-state index in [1.54, 1.807) is 0 Å². The summed E-state index contributed by atoms with van der Waals surface area (Å²) in [6.07, 6.45) is 0.715. The van der Waals surface area contributed by atoms with E-state index in [4.69, 9.17) is 11.6 Å². The number of rotatable bonds is 3. The van der Waals surface area contributed by atoms with Crippen molar-refractivity contribution in [2.45, 2.75) is 6.42 Å². The van der Waals surface area contributed by atoms with Crippen LogP contribution in [0.15, 0.2) is 66.2 Å². The number of hydrogen-bond acceptors (Lipinski definition) is 0. The molecule has 0 unspecified atom stereocenters. The normalized spacial score (nSPS) is 10.1. The minimum atomic E-state index is 0.670. The molecule has 0 aliphatic carbocycles. The topological polar surface area (TPSA) is 0 Å². The van der Waals surface area contributed by atoms with Gasteiger partial charge in [0.1, 0.15) is 0 Å². The fourth-order valence-electron chi connectivity index (χ4n) is 1.78. The van der Waals surface area contributed by atoms with Crippen molar-refractivity contribution in [2.75, 3.05) is 0 Å². The molecule has 2 rings (SSSR count). The fourth-order valence-corrected chi connectivity index (χ4v) is 1.92. The number of hydrogen-bond donors (Lipinski definition) is 0. The van der Waals surface area contributed by atoms with Crippen molar-refractivity contribution in [1.29, 1.82) is 0 Å². The second-order valence-electron chi connectivity index (χ2n) is 3.72. The standard InChI is InChI=1S/C15H13Cl/c1-12(16)11-14-9-5-6-10-15(14)13-7-3-2-4-8-13/h2-10H,1,11H2. The zero-order chi connectivity index (χ0) is 11.4. The summed E-state index contributed by atoms with van der Waals surface area (Å²) in [7, 11) is 0. The van der Waals surface area contributed by atoms with Gasteiger partial charge in [-0.3, -0.25) is 0 Å². The Labute approximate surface area is 101 Å². The molecule has 0 aromatic heterocycles. The van der Waals surface area contributed by atoms with Crippen LogP contribution in [0.25, 0.3) is 11.1 Å². The summed E-state index contributed by atoms with van der Waals surface area (Å²) >= 11 is 5.88. The van der Waals surface area contributed by atoms with Crippen LogP contribution < -0.4 is 0 Å². The van der Waals surface area contributed by atoms with Crippen LogP contribution in [0.4, 0.5) is 0 Å². The van der Waals surface area contributed by atoms with Crippen LogP contribution in [-0.4, -0.2) is 0 Å². The molecule has 0 nitrogen and oxygen atoms in total. The highest BCUT2D eigenvalue weighted by Gasteiger charge is 2.04. The molecule has 0 saturated heterocycles. The van der Waals surface area contributed by atoms with Gasteiger partial charge in [-0.25, -0.2) is 0 Å². The van der Waals surface area contributed by atoms with Crippen LogP contribution in [0, 0.1) is 0 Å². The van der Waals surface area contributed by atoms with Gasteiger partial charge in [-0.1, -0.05) is 72.8 Å². The minimum absolute atomic E-state index is 0.670. The first-order valence-corrected chi connectivity index (χ1v) is 5.62. The van der Waals surface area contributed by atoms with Gasteiger partial charge in [-0.15, -0.1) is 0 Å². The molecule has 2 aromatic rings. The Kier molecular flexibility index (Phi) is 3.43. The highest BCUT2D eigenvalue weighted by Crippen LogP contribution is 2.25. The Bertz CT molecular complexity index is 486. The SMILES string of the molecule is C=C(Cl)Cc1ccccc1-c1ccccc1. The second-order valence-corrected chi connectivity index (χ2v) is 4.25. The maximum Gasteiger partial charge on any atom is 0.0153 e. The molecule has 0 saturated carbocycles. The van der Waals surface area contributed by atoms with Gasteiger partial charge in [0.2, 0.25) is 0 Å². The zero-order valence-corrected chi connectivity index (χ0v) is 9.74. The van der Waals surface area contributed by atoms with Crippen LogP contribution in [0.2, 0.25) is 0 Å². The van der Waals surface area contributed by atoms with E-state index in [9.17, 15) is 0 Å². The smallest absolute Gasteiger partial charge is 0.0153 e. The maximum absolute atomic E-state index is 5.88. The lowest BCUT2D eigenvalue weighted by Crippen LogP contribution is -1.89. The molecular weight excluding hydrogens is 216 g/mol. The Balaban J connectivity index is 2.44. The van der Waals surface area contributed by atoms with Crippen molar-refractivity contribution >= 4 is 11.6 Å². The molecule has 0 aliphatic rings. The highest BCUT2D eigenvalue weighted by atomic mass is 35.5. The van der Waals surface area contributed by atoms with Gasteiger partial charge in [0.15, 0.2) is 0 Å². The minimum Gasteiger partial charge on any atom is -0.0894 e. The number of halogens is 1. The van der Waals surface area contributed by atoms with Gasteiger partial charge >= 0.3 is 0 Å². The lowest BCUT2D eigenvalue weighted by Gasteiger charge is -2.08. The van der Waals surface area contributed by atoms with E-state index in [1.165, 1.54) is 16.7 Å². The molecule has 0 fully saturated rings. The Morgan fingerprint density at radius 1 is 0.938 bits per heavy atom. The van der Waals surface area contributed by atoms with E-state index in [0.717, 1.165) is 0 Å². The molecule has 0 spiro atoms. The average molecular weight is 229 g/mol. The molecule has 0 atom stereocenters. The Morgan fingerprint density at radius 3 is 2.25 bits per heavy atom. The monoisotopic (exact) mass is 228 g/mol. The summed E-state index contributed by atoms with van der Waals surface area (Å²) < 4.78 is 0. The van der Waals surface area contributed by atoms with E-state index in [2.05, 4.69) is 30.8 Å². The summed E-state index contributed by atoms with van der Waals surface area (Å²) in [5, 5.41) is 0.670. The molecule has 0 aliphatic heterocycles. The van der Waals surface area contributed by atoms with Crippen LogP contribution in [0.5, 0.6) is 0 Å². The van der Waals surface area contributed by atoms with E-state index >= 15 is 0 Å². The molecule has 1 heteroatoms. The first-order valence-electron chi connectivity index (χ1n) is 5.24. The van der Waals surface area contributed by atoms with E-state index in [1.807, 2.05) is 30.3 Å². The molecule has 0 N–H and O–H groups in total. The molecular formula is C15H13Cl. The van der Waals surface area contributed by atoms with E-state index in [0.29, 0.717) is 11.5 Å². The van der Waals surface area contributed by atoms with Gasteiger partial charge < -0.3 is 0 Å². The van der Waals surface area contributed by atoms with Gasteiger partial charge in [-0.05, 0) is 16.7 Å². The molecule has 16 heavy (non-hydrogen) atoms. The largest absolute Gasteiger partial charge is 0.0894 e. The predicted octanol–water partition coefficient (Wildman–Crippen LogP) is 4.65. The van der Waals surface area contributed by atoms with Crippen LogP contribution in [0.1, 0.15) is 5.56 Å². The van der Waals surface area contributed by atoms with Gasteiger partial charge in [0.25, 0.3) is 0 Å². The summed E-state index contributed by atoms with van der Waals surface area (Å²) in [5.74, 6) is 0. The molecule has 80 valence electrons. The number of allylic oxidation sites excluding steroid dienone is 1. The van der Waals surface area contributed by atoms with Gasteiger partial charge in [0, 0.05) is 11.5 Å². The lowest BCUT2D eigenvalue weighted by atomic mass is 9.98. The lowest BCUT2D eigenvalue weighted by molar-refractivity contribution is 1.25. The van der Waals surface area contributed by atoms with Crippen molar-refractivity contribution in [3.05, 3.63) is 71.8 Å². The van der Waals surface area contributed by atoms with Gasteiger partial charge in [0.05, 0.1) is 0 Å². The summed E-state index contributed by atoms with van der Waals surface area (Å²) in [6.45, 7) is 3.75. The second kappa shape index (κ2) is 5.00. The Hall–Kier alpha value is -1.53. The van der Waals surface area contributed by atoms with Crippen LogP contribution in [0.3, 0.4) is 0 Å². The third-order valence-corrected chi connectivity index (χ3v) is 2.62. The van der Waals surface area contributed by atoms with Crippen LogP contribution in [-0.2, 0) is 6.42 Å². The van der Waals surface area contributed by atoms with Crippen molar-refractivity contribution in [3.63, 3.8) is 0 Å². The predicted molar refractivity (Wildman–Crippen MR) is 70.6 cm³/mol. The third kappa shape index (κ3) is 2.53. The van der Waals surface area contributed by atoms with Crippen LogP contribution >= 0.6 is 11.6 Å². The Morgan fingerprint density at radius 2 is 1.56 bits per heavy atom. The number of benzene rings is 2. The molecule has 2 aromatic carbocycles. The van der Waals surface area contributed by atoms with Crippen molar-refractivity contribution in [2.24, 2.45) is 0 Å². The third-order valence-electron chi connectivity index (χ3n) is 2.48. The first kappa shape index (κ1) is 11.0. The quantitative estimate of drug-likeness (QED) is 0.718. The molecule has 0 amide bonds. The van der Waals surface area contributed by atoms with Crippen molar-refractivity contribution in [3.8, 4) is 11.1 Å². The molecule has 0 radical (unpaired) electrons. The summed E-state index contributed by atoms with van der Waals surface area (Å²) in [6, 6.07) is 18.6. The average Bonchev–Trinajstić information content (AvgIpc) is 2.30. The maximum atomic E-state index is 5.88. The van der Waals surface area contributed by atoms with Crippen molar-refractivity contribution < 1.29 is 0 Å².